The maximum absolute atomic E-state index is 11.8. The molecule has 1 aromatic carbocycles. The molecule has 0 spiro atoms. The van der Waals surface area contributed by atoms with Crippen molar-refractivity contribution < 1.29 is 14.5 Å². The minimum atomic E-state index is -0.521. The number of carbonyl (C=O) groups excluding carboxylic acids is 1. The van der Waals surface area contributed by atoms with E-state index in [0.717, 1.165) is 25.9 Å². The summed E-state index contributed by atoms with van der Waals surface area (Å²) in [5, 5.41) is 14.4. The number of nitrogens with zero attached hydrogens (tertiary/aromatic N) is 1. The lowest BCUT2D eigenvalue weighted by Crippen LogP contribution is -2.31. The fourth-order valence-corrected chi connectivity index (χ4v) is 2.65. The smallest absolute Gasteiger partial charge is 0.338 e. The Morgan fingerprint density at radius 1 is 1.55 bits per heavy atom. The first-order valence-corrected chi connectivity index (χ1v) is 6.68. The zero-order chi connectivity index (χ0) is 14.5. The van der Waals surface area contributed by atoms with E-state index in [2.05, 4.69) is 5.32 Å². The van der Waals surface area contributed by atoms with Crippen LogP contribution in [0.2, 0.25) is 0 Å². The van der Waals surface area contributed by atoms with E-state index >= 15 is 0 Å². The molecule has 6 nitrogen and oxygen atoms in total. The highest BCUT2D eigenvalue weighted by atomic mass is 16.6. The normalized spacial score (nSPS) is 18.6. The van der Waals surface area contributed by atoms with Gasteiger partial charge in [0.05, 0.1) is 17.6 Å². The SMILES string of the molecule is COC(=O)c1cccc([N+](=O)[O-])c1CC1CCCNC1. The van der Waals surface area contributed by atoms with Gasteiger partial charge in [0.15, 0.2) is 0 Å². The molecule has 0 aliphatic carbocycles. The molecule has 1 atom stereocenters. The molecular formula is C14H18N2O4. The van der Waals surface area contributed by atoms with Crippen molar-refractivity contribution in [2.45, 2.75) is 19.3 Å². The zero-order valence-electron chi connectivity index (χ0n) is 11.4. The molecule has 1 aliphatic heterocycles. The topological polar surface area (TPSA) is 81.5 Å². The van der Waals surface area contributed by atoms with E-state index in [1.807, 2.05) is 0 Å². The molecule has 0 radical (unpaired) electrons. The van der Waals surface area contributed by atoms with Crippen molar-refractivity contribution in [1.82, 2.24) is 5.32 Å². The van der Waals surface area contributed by atoms with E-state index in [9.17, 15) is 14.9 Å². The van der Waals surface area contributed by atoms with Crippen molar-refractivity contribution in [3.63, 3.8) is 0 Å². The number of methoxy groups -OCH3 is 1. The van der Waals surface area contributed by atoms with Gasteiger partial charge in [0.1, 0.15) is 0 Å². The van der Waals surface area contributed by atoms with E-state index < -0.39 is 10.9 Å². The first-order valence-electron chi connectivity index (χ1n) is 6.68. The molecule has 1 saturated heterocycles. The number of nitrogens with one attached hydrogen (secondary N) is 1. The number of rotatable bonds is 4. The van der Waals surface area contributed by atoms with E-state index in [1.165, 1.54) is 19.2 Å². The van der Waals surface area contributed by atoms with Gasteiger partial charge in [-0.3, -0.25) is 10.1 Å². The molecule has 1 unspecified atom stereocenters. The zero-order valence-corrected chi connectivity index (χ0v) is 11.4. The Hall–Kier alpha value is -1.95. The molecule has 6 heteroatoms. The molecule has 1 aromatic rings. The molecular weight excluding hydrogens is 260 g/mol. The summed E-state index contributed by atoms with van der Waals surface area (Å²) in [7, 11) is 1.28. The molecule has 1 N–H and O–H groups in total. The predicted octanol–water partition coefficient (Wildman–Crippen LogP) is 1.92. The fraction of sp³-hybridized carbons (Fsp3) is 0.500. The van der Waals surface area contributed by atoms with Gasteiger partial charge in [-0.25, -0.2) is 4.79 Å². The van der Waals surface area contributed by atoms with Crippen molar-refractivity contribution in [3.05, 3.63) is 39.4 Å². The molecule has 0 aromatic heterocycles. The number of benzene rings is 1. The third kappa shape index (κ3) is 3.14. The average Bonchev–Trinajstić information content (AvgIpc) is 2.47. The molecule has 1 fully saturated rings. The monoisotopic (exact) mass is 278 g/mol. The van der Waals surface area contributed by atoms with Crippen LogP contribution in [0, 0.1) is 16.0 Å². The lowest BCUT2D eigenvalue weighted by molar-refractivity contribution is -0.385. The highest BCUT2D eigenvalue weighted by molar-refractivity contribution is 5.92. The third-order valence-electron chi connectivity index (χ3n) is 3.65. The number of ether oxygens (including phenoxy) is 1. The van der Waals surface area contributed by atoms with E-state index in [4.69, 9.17) is 4.74 Å². The summed E-state index contributed by atoms with van der Waals surface area (Å²) in [6, 6.07) is 4.55. The second-order valence-corrected chi connectivity index (χ2v) is 4.97. The van der Waals surface area contributed by atoms with E-state index in [0.29, 0.717) is 23.5 Å². The number of esters is 1. The van der Waals surface area contributed by atoms with Gasteiger partial charge in [-0.1, -0.05) is 6.07 Å². The quantitative estimate of drug-likeness (QED) is 0.517. The number of carbonyl (C=O) groups is 1. The van der Waals surface area contributed by atoms with Gasteiger partial charge in [0.25, 0.3) is 5.69 Å². The van der Waals surface area contributed by atoms with Gasteiger partial charge in [0, 0.05) is 11.6 Å². The molecule has 20 heavy (non-hydrogen) atoms. The lowest BCUT2D eigenvalue weighted by Gasteiger charge is -2.23. The van der Waals surface area contributed by atoms with Gasteiger partial charge in [0.2, 0.25) is 0 Å². The van der Waals surface area contributed by atoms with E-state index in [-0.39, 0.29) is 5.69 Å². The minimum Gasteiger partial charge on any atom is -0.465 e. The maximum Gasteiger partial charge on any atom is 0.338 e. The van der Waals surface area contributed by atoms with Crippen LogP contribution in [0.4, 0.5) is 5.69 Å². The van der Waals surface area contributed by atoms with Crippen LogP contribution in [0.5, 0.6) is 0 Å². The number of piperidine rings is 1. The molecule has 0 amide bonds. The van der Waals surface area contributed by atoms with Gasteiger partial charge >= 0.3 is 5.97 Å². The van der Waals surface area contributed by atoms with Crippen molar-refractivity contribution in [3.8, 4) is 0 Å². The summed E-state index contributed by atoms with van der Waals surface area (Å²) < 4.78 is 4.72. The highest BCUT2D eigenvalue weighted by Gasteiger charge is 2.25. The Labute approximate surface area is 117 Å². The standard InChI is InChI=1S/C14H18N2O4/c1-20-14(17)11-5-2-6-13(16(18)19)12(11)8-10-4-3-7-15-9-10/h2,5-6,10,15H,3-4,7-9H2,1H3. The largest absolute Gasteiger partial charge is 0.465 e. The summed E-state index contributed by atoms with van der Waals surface area (Å²) in [6.07, 6.45) is 2.59. The number of nitro groups is 1. The van der Waals surface area contributed by atoms with Gasteiger partial charge in [-0.15, -0.1) is 0 Å². The van der Waals surface area contributed by atoms with Crippen LogP contribution in [-0.4, -0.2) is 31.1 Å². The number of nitro benzene ring substituents is 1. The van der Waals surface area contributed by atoms with Crippen LogP contribution in [-0.2, 0) is 11.2 Å². The summed E-state index contributed by atoms with van der Waals surface area (Å²) in [6.45, 7) is 1.81. The fourth-order valence-electron chi connectivity index (χ4n) is 2.65. The van der Waals surface area contributed by atoms with Crippen LogP contribution in [0.25, 0.3) is 0 Å². The summed E-state index contributed by atoms with van der Waals surface area (Å²) >= 11 is 0. The Morgan fingerprint density at radius 2 is 2.35 bits per heavy atom. The van der Waals surface area contributed by atoms with E-state index in [1.54, 1.807) is 6.07 Å². The van der Waals surface area contributed by atoms with Gasteiger partial charge in [-0.05, 0) is 44.3 Å². The molecule has 108 valence electrons. The molecule has 1 heterocycles. The average molecular weight is 278 g/mol. The molecule has 1 aliphatic rings. The summed E-state index contributed by atoms with van der Waals surface area (Å²) in [5.74, 6) is -0.208. The Kier molecular flexibility index (Phi) is 4.68. The predicted molar refractivity (Wildman–Crippen MR) is 73.7 cm³/mol. The first kappa shape index (κ1) is 14.5. The van der Waals surface area contributed by atoms with Crippen molar-refractivity contribution in [2.75, 3.05) is 20.2 Å². The number of hydrogen-bond donors (Lipinski definition) is 1. The van der Waals surface area contributed by atoms with Crippen LogP contribution < -0.4 is 5.32 Å². The Morgan fingerprint density at radius 3 is 2.95 bits per heavy atom. The highest BCUT2D eigenvalue weighted by Crippen LogP contribution is 2.28. The molecule has 0 saturated carbocycles. The second-order valence-electron chi connectivity index (χ2n) is 4.97. The van der Waals surface area contributed by atoms with Crippen LogP contribution >= 0.6 is 0 Å². The Balaban J connectivity index is 2.35. The van der Waals surface area contributed by atoms with Crippen molar-refractivity contribution in [1.29, 1.82) is 0 Å². The van der Waals surface area contributed by atoms with Gasteiger partial charge < -0.3 is 10.1 Å². The van der Waals surface area contributed by atoms with Crippen LogP contribution in [0.15, 0.2) is 18.2 Å². The lowest BCUT2D eigenvalue weighted by atomic mass is 9.89. The Bertz CT molecular complexity index is 510. The first-order chi connectivity index (χ1) is 9.63. The summed E-state index contributed by atoms with van der Waals surface area (Å²) in [5.41, 5.74) is 0.781. The van der Waals surface area contributed by atoms with Crippen molar-refractivity contribution >= 4 is 11.7 Å². The molecule has 0 bridgehead atoms. The van der Waals surface area contributed by atoms with Crippen molar-refractivity contribution in [2.24, 2.45) is 5.92 Å². The second kappa shape index (κ2) is 6.47. The van der Waals surface area contributed by atoms with Crippen LogP contribution in [0.1, 0.15) is 28.8 Å². The number of hydrogen-bond acceptors (Lipinski definition) is 5. The minimum absolute atomic E-state index is 0.00141. The molecule has 2 rings (SSSR count). The maximum atomic E-state index is 11.8. The van der Waals surface area contributed by atoms with Crippen LogP contribution in [0.3, 0.4) is 0 Å². The summed E-state index contributed by atoms with van der Waals surface area (Å²) in [4.78, 5) is 22.5. The van der Waals surface area contributed by atoms with Gasteiger partial charge in [-0.2, -0.15) is 0 Å². The third-order valence-corrected chi connectivity index (χ3v) is 3.65.